The number of ether oxygens (including phenoxy) is 2. The van der Waals surface area contributed by atoms with E-state index in [2.05, 4.69) is 0 Å². The molecule has 1 saturated heterocycles. The molecule has 76 valence electrons. The Morgan fingerprint density at radius 1 is 1.50 bits per heavy atom. The van der Waals surface area contributed by atoms with Gasteiger partial charge in [0.1, 0.15) is 11.9 Å². The van der Waals surface area contributed by atoms with E-state index in [0.29, 0.717) is 24.8 Å². The highest BCUT2D eigenvalue weighted by atomic mass is 35.5. The molecule has 0 radical (unpaired) electrons. The van der Waals surface area contributed by atoms with Crippen LogP contribution in [-0.2, 0) is 11.3 Å². The average Bonchev–Trinajstić information content (AvgIpc) is 2.12. The van der Waals surface area contributed by atoms with Gasteiger partial charge in [0.25, 0.3) is 0 Å². The van der Waals surface area contributed by atoms with Crippen LogP contribution in [0, 0.1) is 0 Å². The van der Waals surface area contributed by atoms with E-state index in [1.54, 1.807) is 6.07 Å². The first-order chi connectivity index (χ1) is 6.79. The first kappa shape index (κ1) is 9.77. The number of nitrogens with two attached hydrogens (primary N) is 1. The molecule has 0 amide bonds. The van der Waals surface area contributed by atoms with Crippen LogP contribution in [0.4, 0.5) is 0 Å². The highest BCUT2D eigenvalue weighted by molar-refractivity contribution is 6.30. The molecule has 1 aromatic carbocycles. The van der Waals surface area contributed by atoms with Gasteiger partial charge < -0.3 is 15.2 Å². The number of rotatable bonds is 3. The molecule has 3 nitrogen and oxygen atoms in total. The monoisotopic (exact) mass is 213 g/mol. The smallest absolute Gasteiger partial charge is 0.145 e. The Kier molecular flexibility index (Phi) is 2.91. The van der Waals surface area contributed by atoms with E-state index in [1.165, 1.54) is 0 Å². The summed E-state index contributed by atoms with van der Waals surface area (Å²) in [5.74, 6) is 0.772. The molecule has 0 unspecified atom stereocenters. The summed E-state index contributed by atoms with van der Waals surface area (Å²) in [6.07, 6.45) is 0.152. The van der Waals surface area contributed by atoms with Gasteiger partial charge >= 0.3 is 0 Å². The third-order valence-electron chi connectivity index (χ3n) is 2.15. The van der Waals surface area contributed by atoms with Gasteiger partial charge in [-0.3, -0.25) is 0 Å². The Morgan fingerprint density at radius 3 is 2.86 bits per heavy atom. The third kappa shape index (κ3) is 2.00. The van der Waals surface area contributed by atoms with Gasteiger partial charge in [-0.05, 0) is 12.1 Å². The predicted molar refractivity (Wildman–Crippen MR) is 54.6 cm³/mol. The Morgan fingerprint density at radius 2 is 2.29 bits per heavy atom. The largest absolute Gasteiger partial charge is 0.485 e. The SMILES string of the molecule is NCc1ccc(Cl)cc1OC1COC1. The van der Waals surface area contributed by atoms with Crippen LogP contribution in [-0.4, -0.2) is 19.3 Å². The molecule has 0 bridgehead atoms. The zero-order valence-corrected chi connectivity index (χ0v) is 8.46. The van der Waals surface area contributed by atoms with Crippen LogP contribution in [0.3, 0.4) is 0 Å². The lowest BCUT2D eigenvalue weighted by Gasteiger charge is -2.27. The van der Waals surface area contributed by atoms with Crippen LogP contribution >= 0.6 is 11.6 Å². The molecular formula is C10H12ClNO2. The van der Waals surface area contributed by atoms with E-state index in [4.69, 9.17) is 26.8 Å². The Labute approximate surface area is 87.8 Å². The van der Waals surface area contributed by atoms with Crippen molar-refractivity contribution in [2.24, 2.45) is 5.73 Å². The summed E-state index contributed by atoms with van der Waals surface area (Å²) in [7, 11) is 0. The summed E-state index contributed by atoms with van der Waals surface area (Å²) in [4.78, 5) is 0. The molecule has 0 aromatic heterocycles. The highest BCUT2D eigenvalue weighted by Crippen LogP contribution is 2.25. The van der Waals surface area contributed by atoms with Crippen LogP contribution in [0.1, 0.15) is 5.56 Å². The summed E-state index contributed by atoms with van der Waals surface area (Å²) < 4.78 is 10.7. The normalized spacial score (nSPS) is 16.4. The molecule has 1 heterocycles. The molecule has 1 fully saturated rings. The van der Waals surface area contributed by atoms with Crippen LogP contribution in [0.15, 0.2) is 18.2 Å². The molecule has 0 spiro atoms. The lowest BCUT2D eigenvalue weighted by molar-refractivity contribution is -0.0799. The van der Waals surface area contributed by atoms with Crippen molar-refractivity contribution in [3.05, 3.63) is 28.8 Å². The molecule has 1 aliphatic heterocycles. The van der Waals surface area contributed by atoms with Gasteiger partial charge in [0.05, 0.1) is 13.2 Å². The van der Waals surface area contributed by atoms with E-state index >= 15 is 0 Å². The quantitative estimate of drug-likeness (QED) is 0.829. The first-order valence-corrected chi connectivity index (χ1v) is 4.90. The standard InChI is InChI=1S/C10H12ClNO2/c11-8-2-1-7(4-12)10(3-8)14-9-5-13-6-9/h1-3,9H,4-6,12H2. The highest BCUT2D eigenvalue weighted by Gasteiger charge is 2.21. The van der Waals surface area contributed by atoms with E-state index in [-0.39, 0.29) is 6.10 Å². The third-order valence-corrected chi connectivity index (χ3v) is 2.39. The Hall–Kier alpha value is -0.770. The van der Waals surface area contributed by atoms with Crippen LogP contribution in [0.25, 0.3) is 0 Å². The fourth-order valence-corrected chi connectivity index (χ4v) is 1.43. The Bertz CT molecular complexity index is 326. The minimum absolute atomic E-state index is 0.152. The summed E-state index contributed by atoms with van der Waals surface area (Å²) >= 11 is 5.87. The molecule has 1 aliphatic rings. The molecule has 14 heavy (non-hydrogen) atoms. The molecule has 1 aromatic rings. The molecule has 0 aliphatic carbocycles. The molecular weight excluding hydrogens is 202 g/mol. The summed E-state index contributed by atoms with van der Waals surface area (Å²) in [6, 6.07) is 5.49. The molecule has 2 rings (SSSR count). The minimum atomic E-state index is 0.152. The summed E-state index contributed by atoms with van der Waals surface area (Å²) in [5.41, 5.74) is 6.55. The van der Waals surface area contributed by atoms with Gasteiger partial charge in [-0.1, -0.05) is 17.7 Å². The fraction of sp³-hybridized carbons (Fsp3) is 0.400. The van der Waals surface area contributed by atoms with Crippen LogP contribution < -0.4 is 10.5 Å². The van der Waals surface area contributed by atoms with Crippen molar-refractivity contribution in [3.63, 3.8) is 0 Å². The van der Waals surface area contributed by atoms with Gasteiger partial charge in [0.2, 0.25) is 0 Å². The van der Waals surface area contributed by atoms with Crippen molar-refractivity contribution < 1.29 is 9.47 Å². The van der Waals surface area contributed by atoms with E-state index < -0.39 is 0 Å². The number of benzene rings is 1. The maximum atomic E-state index is 5.87. The van der Waals surface area contributed by atoms with E-state index in [9.17, 15) is 0 Å². The lowest BCUT2D eigenvalue weighted by atomic mass is 10.2. The van der Waals surface area contributed by atoms with Crippen molar-refractivity contribution in [2.75, 3.05) is 13.2 Å². The van der Waals surface area contributed by atoms with Crippen LogP contribution in [0.5, 0.6) is 5.75 Å². The second-order valence-electron chi connectivity index (χ2n) is 3.23. The second kappa shape index (κ2) is 4.17. The molecule has 2 N–H and O–H groups in total. The van der Waals surface area contributed by atoms with Gasteiger partial charge in [-0.2, -0.15) is 0 Å². The minimum Gasteiger partial charge on any atom is -0.485 e. The molecule has 4 heteroatoms. The van der Waals surface area contributed by atoms with Crippen molar-refractivity contribution >= 4 is 11.6 Å². The van der Waals surface area contributed by atoms with Gasteiger partial charge in [-0.15, -0.1) is 0 Å². The fourth-order valence-electron chi connectivity index (χ4n) is 1.27. The number of hydrogen-bond acceptors (Lipinski definition) is 3. The predicted octanol–water partition coefficient (Wildman–Crippen LogP) is 1.58. The maximum absolute atomic E-state index is 5.87. The van der Waals surface area contributed by atoms with Crippen LogP contribution in [0.2, 0.25) is 5.02 Å². The summed E-state index contributed by atoms with van der Waals surface area (Å²) in [6.45, 7) is 1.76. The van der Waals surface area contributed by atoms with Crippen molar-refractivity contribution in [1.29, 1.82) is 0 Å². The van der Waals surface area contributed by atoms with Crippen molar-refractivity contribution in [3.8, 4) is 5.75 Å². The van der Waals surface area contributed by atoms with E-state index in [1.807, 2.05) is 12.1 Å². The first-order valence-electron chi connectivity index (χ1n) is 4.52. The zero-order chi connectivity index (χ0) is 9.97. The molecule has 0 atom stereocenters. The second-order valence-corrected chi connectivity index (χ2v) is 3.67. The van der Waals surface area contributed by atoms with E-state index in [0.717, 1.165) is 11.3 Å². The summed E-state index contributed by atoms with van der Waals surface area (Å²) in [5, 5.41) is 0.664. The average molecular weight is 214 g/mol. The zero-order valence-electron chi connectivity index (χ0n) is 7.70. The van der Waals surface area contributed by atoms with Gasteiger partial charge in [0.15, 0.2) is 0 Å². The van der Waals surface area contributed by atoms with Gasteiger partial charge in [-0.25, -0.2) is 0 Å². The number of halogens is 1. The number of hydrogen-bond donors (Lipinski definition) is 1. The van der Waals surface area contributed by atoms with Crippen molar-refractivity contribution in [2.45, 2.75) is 12.6 Å². The lowest BCUT2D eigenvalue weighted by Crippen LogP contribution is -2.38. The van der Waals surface area contributed by atoms with Gasteiger partial charge in [0, 0.05) is 17.1 Å². The maximum Gasteiger partial charge on any atom is 0.145 e. The topological polar surface area (TPSA) is 44.5 Å². The van der Waals surface area contributed by atoms with Crippen molar-refractivity contribution in [1.82, 2.24) is 0 Å². The molecule has 0 saturated carbocycles. The Balaban J connectivity index is 2.15.